The molecule has 1 aliphatic rings. The number of aliphatic carboxylic acids is 1. The Bertz CT molecular complexity index is 1980. The Hall–Kier alpha value is -6.56. The van der Waals surface area contributed by atoms with Gasteiger partial charge in [-0.05, 0) is 18.2 Å². The zero-order valence-electron chi connectivity index (χ0n) is 27.7. The average Bonchev–Trinajstić information content (AvgIpc) is 3.59. The highest BCUT2D eigenvalue weighted by molar-refractivity contribution is 7.90. The van der Waals surface area contributed by atoms with Gasteiger partial charge in [0, 0.05) is 30.9 Å². The largest absolute Gasteiger partial charge is 0.481 e. The minimum atomic E-state index is -4.54. The second kappa shape index (κ2) is 16.2. The van der Waals surface area contributed by atoms with E-state index >= 15 is 0 Å². The van der Waals surface area contributed by atoms with Gasteiger partial charge in [-0.1, -0.05) is 65.8 Å². The summed E-state index contributed by atoms with van der Waals surface area (Å²) in [4.78, 5) is 60.5. The summed E-state index contributed by atoms with van der Waals surface area (Å²) >= 11 is 0. The van der Waals surface area contributed by atoms with Crippen molar-refractivity contribution in [3.8, 4) is 11.8 Å². The first-order valence-electron chi connectivity index (χ1n) is 14.8. The molecule has 0 fully saturated rings. The molecule has 0 saturated carbocycles. The number of hydrogen-bond acceptors (Lipinski definition) is 12. The minimum absolute atomic E-state index is 0.0395. The van der Waals surface area contributed by atoms with E-state index in [9.17, 15) is 27.6 Å². The number of carbonyl (C=O) groups is 4. The molecule has 4 amide bonds. The predicted octanol–water partition coefficient (Wildman–Crippen LogP) is 3.07. The van der Waals surface area contributed by atoms with Crippen molar-refractivity contribution >= 4 is 51.7 Å². The molecule has 3 aromatic carbocycles. The van der Waals surface area contributed by atoms with E-state index < -0.39 is 38.4 Å². The number of methoxy groups -OCH3 is 2. The molecular formula is C33H33N7O10S. The summed E-state index contributed by atoms with van der Waals surface area (Å²) in [7, 11) is 0.991. The van der Waals surface area contributed by atoms with Gasteiger partial charge in [-0.25, -0.2) is 22.7 Å². The van der Waals surface area contributed by atoms with Crippen molar-refractivity contribution in [3.05, 3.63) is 102 Å². The number of nitrogens with zero attached hydrogens (tertiary/aromatic N) is 4. The van der Waals surface area contributed by atoms with Crippen LogP contribution in [0.15, 0.2) is 95.0 Å². The first kappa shape index (κ1) is 37.3. The van der Waals surface area contributed by atoms with Crippen molar-refractivity contribution in [2.75, 3.05) is 38.9 Å². The lowest BCUT2D eigenvalue weighted by Gasteiger charge is -2.27. The Morgan fingerprint density at radius 2 is 1.47 bits per heavy atom. The second-order valence-electron chi connectivity index (χ2n) is 10.7. The van der Waals surface area contributed by atoms with Crippen molar-refractivity contribution in [1.82, 2.24) is 19.6 Å². The van der Waals surface area contributed by atoms with Crippen LogP contribution in [0.4, 0.5) is 16.4 Å². The number of sulfonamides is 1. The topological polar surface area (TPSA) is 228 Å². The van der Waals surface area contributed by atoms with Crippen molar-refractivity contribution in [3.63, 3.8) is 0 Å². The number of rotatable bonds is 11. The number of hydrogen-bond donors (Lipinski definition) is 4. The van der Waals surface area contributed by atoms with Crippen LogP contribution in [-0.2, 0) is 30.1 Å². The van der Waals surface area contributed by atoms with Gasteiger partial charge in [-0.2, -0.15) is 9.97 Å². The number of urea groups is 1. The summed E-state index contributed by atoms with van der Waals surface area (Å²) in [5.74, 6) is -1.82. The van der Waals surface area contributed by atoms with Gasteiger partial charge >= 0.3 is 12.0 Å². The van der Waals surface area contributed by atoms with Gasteiger partial charge in [0.1, 0.15) is 4.90 Å². The Balaban J connectivity index is 0.000000249. The number of anilines is 2. The van der Waals surface area contributed by atoms with Gasteiger partial charge in [0.25, 0.3) is 15.9 Å². The van der Waals surface area contributed by atoms with E-state index in [0.717, 1.165) is 22.1 Å². The number of carbonyl (C=O) groups excluding carboxylic acids is 3. The van der Waals surface area contributed by atoms with E-state index in [-0.39, 0.29) is 41.1 Å². The summed E-state index contributed by atoms with van der Waals surface area (Å²) in [6.45, 7) is 0. The highest BCUT2D eigenvalue weighted by Gasteiger charge is 2.44. The van der Waals surface area contributed by atoms with Crippen molar-refractivity contribution in [2.24, 2.45) is 5.16 Å². The molecule has 1 aromatic heterocycles. The molecule has 51 heavy (non-hydrogen) atoms. The van der Waals surface area contributed by atoms with Crippen LogP contribution in [0.3, 0.4) is 0 Å². The van der Waals surface area contributed by atoms with E-state index in [0.29, 0.717) is 6.41 Å². The van der Waals surface area contributed by atoms with E-state index in [1.807, 2.05) is 60.7 Å². The number of carboxylic acid groups (broad SMARTS) is 1. The number of nitrogens with one attached hydrogen (secondary N) is 3. The Kier molecular flexibility index (Phi) is 11.9. The number of benzene rings is 3. The van der Waals surface area contributed by atoms with Gasteiger partial charge in [0.2, 0.25) is 24.1 Å². The fourth-order valence-corrected chi connectivity index (χ4v) is 5.86. The van der Waals surface area contributed by atoms with Crippen molar-refractivity contribution < 1.29 is 47.0 Å². The van der Waals surface area contributed by atoms with Crippen LogP contribution in [-0.4, -0.2) is 86.7 Å². The van der Waals surface area contributed by atoms with Crippen LogP contribution >= 0.6 is 0 Å². The molecule has 0 spiro atoms. The molecule has 5 rings (SSSR count). The van der Waals surface area contributed by atoms with Crippen LogP contribution in [0, 0.1) is 0 Å². The molecule has 2 heterocycles. The third-order valence-corrected chi connectivity index (χ3v) is 8.51. The number of amides is 4. The molecule has 0 bridgehead atoms. The van der Waals surface area contributed by atoms with Gasteiger partial charge in [0.05, 0.1) is 32.3 Å². The quantitative estimate of drug-likeness (QED) is 0.164. The lowest BCUT2D eigenvalue weighted by Crippen LogP contribution is -2.36. The zero-order chi connectivity index (χ0) is 37.2. The number of carboxylic acids is 1. The summed E-state index contributed by atoms with van der Waals surface area (Å²) in [5.41, 5.74) is 0.874. The molecule has 0 atom stereocenters. The molecule has 0 unspecified atom stereocenters. The molecule has 17 nitrogen and oxygen atoms in total. The molecule has 266 valence electrons. The van der Waals surface area contributed by atoms with Gasteiger partial charge in [-0.15, -0.1) is 0 Å². The van der Waals surface area contributed by atoms with Crippen LogP contribution in [0.2, 0.25) is 0 Å². The summed E-state index contributed by atoms with van der Waals surface area (Å²) < 4.78 is 37.3. The third kappa shape index (κ3) is 8.92. The van der Waals surface area contributed by atoms with Gasteiger partial charge < -0.3 is 29.6 Å². The molecule has 1 aliphatic heterocycles. The van der Waals surface area contributed by atoms with E-state index in [4.69, 9.17) is 19.4 Å². The van der Waals surface area contributed by atoms with Gasteiger partial charge in [0.15, 0.2) is 11.3 Å². The fraction of sp³-hybridized carbons (Fsp3) is 0.182. The molecular weight excluding hydrogens is 686 g/mol. The maximum absolute atomic E-state index is 12.8. The van der Waals surface area contributed by atoms with Crippen molar-refractivity contribution in [2.45, 2.75) is 16.9 Å². The number of aromatic nitrogens is 2. The predicted molar refractivity (Wildman–Crippen MR) is 183 cm³/mol. The van der Waals surface area contributed by atoms with E-state index in [1.54, 1.807) is 4.72 Å². The zero-order valence-corrected chi connectivity index (χ0v) is 28.5. The highest BCUT2D eigenvalue weighted by atomic mass is 32.2. The Morgan fingerprint density at radius 1 is 0.902 bits per heavy atom. The summed E-state index contributed by atoms with van der Waals surface area (Å²) in [5, 5.41) is 17.3. The molecule has 0 radical (unpaired) electrons. The average molecular weight is 720 g/mol. The monoisotopic (exact) mass is 719 g/mol. The number of ether oxygens (including phenoxy) is 2. The first-order valence-corrected chi connectivity index (χ1v) is 16.3. The Labute approximate surface area is 292 Å². The fourth-order valence-electron chi connectivity index (χ4n) is 4.73. The molecule has 18 heteroatoms. The van der Waals surface area contributed by atoms with Crippen LogP contribution < -0.4 is 24.8 Å². The molecule has 4 N–H and O–H groups in total. The SMILES string of the molecule is COc1cc(OC)nc(NC(=O)NS(=O)(=O)c2cc(NC=O)ccc2C(=O)N(C)C)n1.O=C(O)C1=NOC(c2ccccc2)(c2ccccc2)C1. The van der Waals surface area contributed by atoms with Crippen LogP contribution in [0.5, 0.6) is 11.8 Å². The summed E-state index contributed by atoms with van der Waals surface area (Å²) in [6.07, 6.45) is 0.559. The van der Waals surface area contributed by atoms with Gasteiger partial charge in [-0.3, -0.25) is 14.9 Å². The first-order chi connectivity index (χ1) is 24.3. The standard InChI is InChI=1S/C17H20N6O7S.C16H13NO3/c1-23(2)15(25)11-6-5-10(18-9-24)7-12(11)31(27,28)22-17(26)21-16-19-13(29-3)8-14(20-16)30-4;18-15(19)14-11-16(20-17-14,12-7-3-1-4-8-12)13-9-5-2-6-10-13/h5-9H,1-4H3,(H,18,24)(H2,19,20,21,22,26);1-10H,11H2,(H,18,19). The third-order valence-electron chi connectivity index (χ3n) is 7.14. The van der Waals surface area contributed by atoms with E-state index in [2.05, 4.69) is 25.8 Å². The second-order valence-corrected chi connectivity index (χ2v) is 12.3. The lowest BCUT2D eigenvalue weighted by molar-refractivity contribution is -0.129. The molecule has 0 saturated heterocycles. The lowest BCUT2D eigenvalue weighted by atomic mass is 9.82. The maximum Gasteiger partial charge on any atom is 0.353 e. The molecule has 0 aliphatic carbocycles. The summed E-state index contributed by atoms with van der Waals surface area (Å²) in [6, 6.07) is 22.9. The maximum atomic E-state index is 12.8. The highest BCUT2D eigenvalue weighted by Crippen LogP contribution is 2.41. The van der Waals surface area contributed by atoms with Crippen LogP contribution in [0.1, 0.15) is 27.9 Å². The normalized spacial score (nSPS) is 12.8. The number of oxime groups is 1. The smallest absolute Gasteiger partial charge is 0.353 e. The minimum Gasteiger partial charge on any atom is -0.481 e. The Morgan fingerprint density at radius 3 is 1.94 bits per heavy atom. The van der Waals surface area contributed by atoms with Crippen LogP contribution in [0.25, 0.3) is 0 Å². The van der Waals surface area contributed by atoms with E-state index in [1.165, 1.54) is 46.5 Å². The molecule has 4 aromatic rings. The van der Waals surface area contributed by atoms with Crippen molar-refractivity contribution in [1.29, 1.82) is 0 Å².